The molecule has 0 atom stereocenters. The largest absolute Gasteiger partial charge is 0.478 e. The van der Waals surface area contributed by atoms with Gasteiger partial charge in [-0.15, -0.1) is 0 Å². The van der Waals surface area contributed by atoms with Crippen LogP contribution in [0.2, 0.25) is 0 Å². The van der Waals surface area contributed by atoms with E-state index in [-0.39, 0.29) is 11.1 Å². The topological polar surface area (TPSA) is 50.4 Å². The second kappa shape index (κ2) is 4.49. The van der Waals surface area contributed by atoms with E-state index in [1.165, 1.54) is 6.07 Å². The molecule has 0 saturated heterocycles. The molecule has 0 radical (unpaired) electrons. The maximum atomic E-state index is 13.7. The number of benzene rings is 2. The number of carboxylic acid groups (broad SMARTS) is 1. The summed E-state index contributed by atoms with van der Waals surface area (Å²) < 4.78 is 19.4. The van der Waals surface area contributed by atoms with Gasteiger partial charge in [0.15, 0.2) is 0 Å². The van der Waals surface area contributed by atoms with Gasteiger partial charge in [0, 0.05) is 10.9 Å². The lowest BCUT2D eigenvalue weighted by atomic mass is 10.0. The van der Waals surface area contributed by atoms with E-state index in [2.05, 4.69) is 0 Å². The Balaban J connectivity index is 2.29. The molecule has 0 aliphatic heterocycles. The highest BCUT2D eigenvalue weighted by molar-refractivity contribution is 5.97. The summed E-state index contributed by atoms with van der Waals surface area (Å²) in [6.07, 6.45) is 0. The molecule has 0 amide bonds. The van der Waals surface area contributed by atoms with Gasteiger partial charge in [-0.2, -0.15) is 0 Å². The van der Waals surface area contributed by atoms with Crippen molar-refractivity contribution in [2.45, 2.75) is 6.92 Å². The quantitative estimate of drug-likeness (QED) is 0.757. The van der Waals surface area contributed by atoms with Gasteiger partial charge in [-0.05, 0) is 24.6 Å². The highest BCUT2D eigenvalue weighted by atomic mass is 19.1. The number of hydrogen-bond acceptors (Lipinski definition) is 2. The number of aryl methyl sites for hydroxylation is 1. The molecule has 0 aliphatic carbocycles. The van der Waals surface area contributed by atoms with E-state index in [4.69, 9.17) is 9.52 Å². The Morgan fingerprint density at radius 1 is 1.20 bits per heavy atom. The first-order valence-electron chi connectivity index (χ1n) is 6.09. The van der Waals surface area contributed by atoms with E-state index in [0.717, 1.165) is 17.0 Å². The Hall–Kier alpha value is -2.62. The second-order valence-corrected chi connectivity index (χ2v) is 4.57. The standard InChI is InChI=1S/C16H11FO3/c1-9-4-2-5-10-8-13(20-15(9)10)11-6-3-7-12(17)14(11)16(18)19/h2-8H,1H3,(H,18,19). The lowest BCUT2D eigenvalue weighted by Crippen LogP contribution is -2.02. The SMILES string of the molecule is Cc1cccc2cc(-c3cccc(F)c3C(=O)O)oc12. The summed E-state index contributed by atoms with van der Waals surface area (Å²) in [7, 11) is 0. The molecule has 3 rings (SSSR count). The zero-order chi connectivity index (χ0) is 14.3. The molecule has 1 heterocycles. The molecule has 2 aromatic carbocycles. The van der Waals surface area contributed by atoms with Gasteiger partial charge in [0.05, 0.1) is 0 Å². The monoisotopic (exact) mass is 270 g/mol. The van der Waals surface area contributed by atoms with Crippen molar-refractivity contribution in [1.29, 1.82) is 0 Å². The number of furan rings is 1. The Bertz CT molecular complexity index is 818. The number of halogens is 1. The molecule has 1 N–H and O–H groups in total. The molecule has 1 aromatic heterocycles. The molecule has 0 aliphatic rings. The first kappa shape index (κ1) is 12.4. The fraction of sp³-hybridized carbons (Fsp3) is 0.0625. The van der Waals surface area contributed by atoms with Crippen LogP contribution < -0.4 is 0 Å². The molecule has 0 bridgehead atoms. The summed E-state index contributed by atoms with van der Waals surface area (Å²) in [5.41, 5.74) is 1.50. The Morgan fingerprint density at radius 2 is 1.95 bits per heavy atom. The number of carboxylic acids is 1. The summed E-state index contributed by atoms with van der Waals surface area (Å²) in [5.74, 6) is -1.73. The van der Waals surface area contributed by atoms with E-state index in [1.54, 1.807) is 12.1 Å². The van der Waals surface area contributed by atoms with Gasteiger partial charge in [0.2, 0.25) is 0 Å². The minimum absolute atomic E-state index is 0.244. The Morgan fingerprint density at radius 3 is 2.65 bits per heavy atom. The van der Waals surface area contributed by atoms with Crippen LogP contribution >= 0.6 is 0 Å². The molecule has 0 fully saturated rings. The lowest BCUT2D eigenvalue weighted by Gasteiger charge is -2.03. The third-order valence-electron chi connectivity index (χ3n) is 3.23. The second-order valence-electron chi connectivity index (χ2n) is 4.57. The Kier molecular flexibility index (Phi) is 2.79. The molecule has 0 unspecified atom stereocenters. The average Bonchev–Trinajstić information content (AvgIpc) is 2.83. The zero-order valence-corrected chi connectivity index (χ0v) is 10.7. The van der Waals surface area contributed by atoms with E-state index in [9.17, 15) is 9.18 Å². The number of rotatable bonds is 2. The van der Waals surface area contributed by atoms with Crippen LogP contribution in [0.3, 0.4) is 0 Å². The molecular weight excluding hydrogens is 259 g/mol. The van der Waals surface area contributed by atoms with Crippen molar-refractivity contribution < 1.29 is 18.7 Å². The zero-order valence-electron chi connectivity index (χ0n) is 10.7. The first-order valence-corrected chi connectivity index (χ1v) is 6.09. The van der Waals surface area contributed by atoms with Gasteiger partial charge in [-0.25, -0.2) is 9.18 Å². The van der Waals surface area contributed by atoms with Crippen molar-refractivity contribution in [2.75, 3.05) is 0 Å². The van der Waals surface area contributed by atoms with Crippen LogP contribution in [-0.4, -0.2) is 11.1 Å². The first-order chi connectivity index (χ1) is 9.58. The number of para-hydroxylation sites is 1. The van der Waals surface area contributed by atoms with E-state index in [0.29, 0.717) is 11.3 Å². The van der Waals surface area contributed by atoms with Crippen LogP contribution in [0, 0.1) is 12.7 Å². The third kappa shape index (κ3) is 1.86. The van der Waals surface area contributed by atoms with Crippen LogP contribution in [0.15, 0.2) is 46.9 Å². The summed E-state index contributed by atoms with van der Waals surface area (Å²) in [4.78, 5) is 11.2. The van der Waals surface area contributed by atoms with Crippen LogP contribution in [0.5, 0.6) is 0 Å². The summed E-state index contributed by atoms with van der Waals surface area (Å²) in [6, 6.07) is 11.5. The molecule has 3 aromatic rings. The van der Waals surface area contributed by atoms with Gasteiger partial charge in [-0.3, -0.25) is 0 Å². The van der Waals surface area contributed by atoms with Crippen molar-refractivity contribution in [2.24, 2.45) is 0 Å². The predicted molar refractivity (Wildman–Crippen MR) is 73.3 cm³/mol. The molecule has 3 nitrogen and oxygen atoms in total. The summed E-state index contributed by atoms with van der Waals surface area (Å²) in [5, 5.41) is 10.0. The third-order valence-corrected chi connectivity index (χ3v) is 3.23. The van der Waals surface area contributed by atoms with Crippen molar-refractivity contribution in [3.8, 4) is 11.3 Å². The van der Waals surface area contributed by atoms with Crippen LogP contribution in [0.4, 0.5) is 4.39 Å². The highest BCUT2D eigenvalue weighted by Gasteiger charge is 2.19. The molecule has 0 spiro atoms. The van der Waals surface area contributed by atoms with Crippen LogP contribution in [-0.2, 0) is 0 Å². The van der Waals surface area contributed by atoms with E-state index in [1.807, 2.05) is 25.1 Å². The maximum absolute atomic E-state index is 13.7. The minimum atomic E-state index is -1.31. The van der Waals surface area contributed by atoms with Crippen molar-refractivity contribution in [3.05, 3.63) is 59.4 Å². The normalized spacial score (nSPS) is 10.9. The molecule has 4 heteroatoms. The fourth-order valence-electron chi connectivity index (χ4n) is 2.29. The number of carbonyl (C=O) groups is 1. The van der Waals surface area contributed by atoms with Gasteiger partial charge in [0.25, 0.3) is 0 Å². The van der Waals surface area contributed by atoms with Crippen molar-refractivity contribution >= 4 is 16.9 Å². The number of hydrogen-bond donors (Lipinski definition) is 1. The molecular formula is C16H11FO3. The maximum Gasteiger partial charge on any atom is 0.339 e. The average molecular weight is 270 g/mol. The smallest absolute Gasteiger partial charge is 0.339 e. The summed E-state index contributed by atoms with van der Waals surface area (Å²) in [6.45, 7) is 1.90. The van der Waals surface area contributed by atoms with Gasteiger partial charge < -0.3 is 9.52 Å². The fourth-order valence-corrected chi connectivity index (χ4v) is 2.29. The van der Waals surface area contributed by atoms with Gasteiger partial charge in [-0.1, -0.05) is 30.3 Å². The van der Waals surface area contributed by atoms with Gasteiger partial charge >= 0.3 is 5.97 Å². The van der Waals surface area contributed by atoms with E-state index >= 15 is 0 Å². The summed E-state index contributed by atoms with van der Waals surface area (Å²) >= 11 is 0. The predicted octanol–water partition coefficient (Wildman–Crippen LogP) is 4.25. The van der Waals surface area contributed by atoms with Crippen LogP contribution in [0.25, 0.3) is 22.3 Å². The molecule has 20 heavy (non-hydrogen) atoms. The molecule has 0 saturated carbocycles. The van der Waals surface area contributed by atoms with E-state index < -0.39 is 11.8 Å². The van der Waals surface area contributed by atoms with Crippen molar-refractivity contribution in [1.82, 2.24) is 0 Å². The van der Waals surface area contributed by atoms with Gasteiger partial charge in [0.1, 0.15) is 22.7 Å². The highest BCUT2D eigenvalue weighted by Crippen LogP contribution is 2.32. The van der Waals surface area contributed by atoms with Crippen LogP contribution in [0.1, 0.15) is 15.9 Å². The lowest BCUT2D eigenvalue weighted by molar-refractivity contribution is 0.0692. The van der Waals surface area contributed by atoms with Crippen molar-refractivity contribution in [3.63, 3.8) is 0 Å². The minimum Gasteiger partial charge on any atom is -0.478 e. The number of aromatic carboxylic acids is 1. The molecule has 100 valence electrons. The number of fused-ring (bicyclic) bond motifs is 1. The Labute approximate surface area is 114 Å².